The van der Waals surface area contributed by atoms with Crippen LogP contribution in [0, 0.1) is 0 Å². The second kappa shape index (κ2) is 11.9. The molecule has 3 rings (SSSR count). The Kier molecular flexibility index (Phi) is 8.69. The van der Waals surface area contributed by atoms with Crippen LogP contribution in [0.2, 0.25) is 5.02 Å². The van der Waals surface area contributed by atoms with Gasteiger partial charge in [-0.05, 0) is 41.8 Å². The van der Waals surface area contributed by atoms with Crippen LogP contribution in [0.15, 0.2) is 75.8 Å². The third kappa shape index (κ3) is 6.51. The third-order valence-electron chi connectivity index (χ3n) is 5.25. The van der Waals surface area contributed by atoms with Gasteiger partial charge in [-0.3, -0.25) is 9.56 Å². The van der Waals surface area contributed by atoms with E-state index in [1.807, 2.05) is 12.1 Å². The second-order valence-corrected chi connectivity index (χ2v) is 8.07. The number of halogens is 1. The SMILES string of the molecule is C=CCC(c1ccc(Cl)cc1)n1c(=O)nc(NCCN=C(N)N)n(Cc2ccc(OC)cc2)c1=O. The minimum Gasteiger partial charge on any atom is -0.497 e. The quantitative estimate of drug-likeness (QED) is 0.159. The highest BCUT2D eigenvalue weighted by atomic mass is 35.5. The monoisotopic (exact) mass is 497 g/mol. The number of anilines is 1. The first-order chi connectivity index (χ1) is 16.8. The second-order valence-electron chi connectivity index (χ2n) is 7.63. The molecule has 0 fully saturated rings. The Morgan fingerprint density at radius 2 is 1.89 bits per heavy atom. The van der Waals surface area contributed by atoms with Gasteiger partial charge < -0.3 is 21.5 Å². The number of nitrogens with one attached hydrogen (secondary N) is 1. The molecule has 0 radical (unpaired) electrons. The molecule has 11 heteroatoms. The molecule has 0 aliphatic rings. The van der Waals surface area contributed by atoms with Crippen molar-refractivity contribution < 1.29 is 4.74 Å². The molecule has 5 N–H and O–H groups in total. The van der Waals surface area contributed by atoms with E-state index in [4.69, 9.17) is 27.8 Å². The molecule has 2 aromatic carbocycles. The van der Waals surface area contributed by atoms with Crippen molar-refractivity contribution in [1.82, 2.24) is 14.1 Å². The average molecular weight is 498 g/mol. The van der Waals surface area contributed by atoms with Crippen LogP contribution in [0.4, 0.5) is 5.95 Å². The van der Waals surface area contributed by atoms with Crippen molar-refractivity contribution in [1.29, 1.82) is 0 Å². The summed E-state index contributed by atoms with van der Waals surface area (Å²) < 4.78 is 7.75. The molecular weight excluding hydrogens is 470 g/mol. The van der Waals surface area contributed by atoms with E-state index in [0.29, 0.717) is 17.2 Å². The lowest BCUT2D eigenvalue weighted by molar-refractivity contribution is 0.414. The predicted octanol–water partition coefficient (Wildman–Crippen LogP) is 1.97. The van der Waals surface area contributed by atoms with E-state index in [-0.39, 0.29) is 31.5 Å². The zero-order valence-corrected chi connectivity index (χ0v) is 20.1. The van der Waals surface area contributed by atoms with Crippen LogP contribution in [0.25, 0.3) is 0 Å². The summed E-state index contributed by atoms with van der Waals surface area (Å²) >= 11 is 6.03. The van der Waals surface area contributed by atoms with Gasteiger partial charge >= 0.3 is 11.4 Å². The smallest absolute Gasteiger partial charge is 0.355 e. The normalized spacial score (nSPS) is 11.5. The van der Waals surface area contributed by atoms with Crippen LogP contribution in [0.3, 0.4) is 0 Å². The number of methoxy groups -OCH3 is 1. The fourth-order valence-corrected chi connectivity index (χ4v) is 3.68. The number of hydrogen-bond donors (Lipinski definition) is 3. The summed E-state index contributed by atoms with van der Waals surface area (Å²) in [6.45, 7) is 4.47. The molecule has 1 atom stereocenters. The minimum atomic E-state index is -0.688. The maximum Gasteiger partial charge on any atom is 0.355 e. The Balaban J connectivity index is 2.10. The molecule has 0 saturated heterocycles. The van der Waals surface area contributed by atoms with Gasteiger partial charge in [0, 0.05) is 11.6 Å². The number of allylic oxidation sites excluding steroid dienone is 1. The number of ether oxygens (including phenoxy) is 1. The highest BCUT2D eigenvalue weighted by Crippen LogP contribution is 2.22. The molecule has 0 saturated carbocycles. The van der Waals surface area contributed by atoms with Crippen LogP contribution < -0.4 is 32.9 Å². The third-order valence-corrected chi connectivity index (χ3v) is 5.50. The number of hydrogen-bond acceptors (Lipinski definition) is 6. The lowest BCUT2D eigenvalue weighted by Gasteiger charge is -2.21. The molecule has 0 amide bonds. The van der Waals surface area contributed by atoms with Gasteiger partial charge in [-0.1, -0.05) is 41.9 Å². The summed E-state index contributed by atoms with van der Waals surface area (Å²) in [6, 6.07) is 13.6. The molecule has 184 valence electrons. The number of rotatable bonds is 11. The van der Waals surface area contributed by atoms with E-state index in [0.717, 1.165) is 15.7 Å². The Bertz CT molecular complexity index is 1290. The summed E-state index contributed by atoms with van der Waals surface area (Å²) in [6.07, 6.45) is 2.00. The first-order valence-corrected chi connectivity index (χ1v) is 11.2. The summed E-state index contributed by atoms with van der Waals surface area (Å²) in [5.41, 5.74) is 11.1. The maximum absolute atomic E-state index is 13.7. The summed E-state index contributed by atoms with van der Waals surface area (Å²) in [7, 11) is 1.58. The number of aromatic nitrogens is 3. The van der Waals surface area contributed by atoms with E-state index in [2.05, 4.69) is 21.9 Å². The Hall–Kier alpha value is -4.05. The van der Waals surface area contributed by atoms with Gasteiger partial charge in [-0.2, -0.15) is 4.98 Å². The van der Waals surface area contributed by atoms with Crippen molar-refractivity contribution in [3.8, 4) is 5.75 Å². The Morgan fingerprint density at radius 3 is 2.49 bits per heavy atom. The molecule has 1 heterocycles. The number of aliphatic imine (C=N–C) groups is 1. The van der Waals surface area contributed by atoms with Gasteiger partial charge in [0.25, 0.3) is 0 Å². The van der Waals surface area contributed by atoms with Gasteiger partial charge in [0.15, 0.2) is 5.96 Å². The molecule has 1 unspecified atom stereocenters. The van der Waals surface area contributed by atoms with Crippen LogP contribution >= 0.6 is 11.6 Å². The molecule has 10 nitrogen and oxygen atoms in total. The lowest BCUT2D eigenvalue weighted by atomic mass is 10.0. The van der Waals surface area contributed by atoms with Gasteiger partial charge in [0.2, 0.25) is 5.95 Å². The van der Waals surface area contributed by atoms with Gasteiger partial charge in [-0.25, -0.2) is 14.2 Å². The molecule has 0 spiro atoms. The molecule has 0 bridgehead atoms. The number of nitrogens with zero attached hydrogens (tertiary/aromatic N) is 4. The predicted molar refractivity (Wildman–Crippen MR) is 138 cm³/mol. The standard InChI is InChI=1S/C24H28ClN7O3/c1-3-4-20(17-7-9-18(25)10-8-17)32-23(33)30-22(29-14-13-28-21(26)27)31(24(32)34)15-16-5-11-19(35-2)12-6-16/h3,5-12,20H,1,4,13-15H2,2H3,(H4,26,27,28)(H,29,30,33). The highest BCUT2D eigenvalue weighted by molar-refractivity contribution is 6.30. The molecule has 0 aliphatic heterocycles. The molecular formula is C24H28ClN7O3. The number of nitrogens with two attached hydrogens (primary N) is 2. The van der Waals surface area contributed by atoms with Gasteiger partial charge in [-0.15, -0.1) is 6.58 Å². The van der Waals surface area contributed by atoms with Crippen molar-refractivity contribution in [3.63, 3.8) is 0 Å². The fourth-order valence-electron chi connectivity index (χ4n) is 3.55. The van der Waals surface area contributed by atoms with Crippen LogP contribution in [-0.4, -0.2) is 40.3 Å². The summed E-state index contributed by atoms with van der Waals surface area (Å²) in [5, 5.41) is 3.55. The zero-order chi connectivity index (χ0) is 25.4. The van der Waals surface area contributed by atoms with Crippen molar-refractivity contribution >= 4 is 23.5 Å². The minimum absolute atomic E-state index is 0.0546. The van der Waals surface area contributed by atoms with Crippen LogP contribution in [-0.2, 0) is 6.54 Å². The number of guanidine groups is 1. The lowest BCUT2D eigenvalue weighted by Crippen LogP contribution is -2.45. The van der Waals surface area contributed by atoms with E-state index >= 15 is 0 Å². The van der Waals surface area contributed by atoms with Crippen molar-refractivity contribution in [3.05, 3.63) is 98.3 Å². The maximum atomic E-state index is 13.7. The summed E-state index contributed by atoms with van der Waals surface area (Å²) in [4.78, 5) is 34.9. The van der Waals surface area contributed by atoms with Crippen molar-refractivity contribution in [2.45, 2.75) is 19.0 Å². The van der Waals surface area contributed by atoms with E-state index in [1.54, 1.807) is 49.6 Å². The Morgan fingerprint density at radius 1 is 1.20 bits per heavy atom. The summed E-state index contributed by atoms with van der Waals surface area (Å²) in [5.74, 6) is 0.751. The van der Waals surface area contributed by atoms with E-state index in [1.165, 1.54) is 4.57 Å². The van der Waals surface area contributed by atoms with Crippen LogP contribution in [0.1, 0.15) is 23.6 Å². The molecule has 0 aliphatic carbocycles. The average Bonchev–Trinajstić information content (AvgIpc) is 2.84. The first kappa shape index (κ1) is 25.6. The zero-order valence-electron chi connectivity index (χ0n) is 19.4. The fraction of sp³-hybridized carbons (Fsp3) is 0.250. The van der Waals surface area contributed by atoms with E-state index < -0.39 is 17.4 Å². The Labute approximate surface area is 207 Å². The molecule has 3 aromatic rings. The van der Waals surface area contributed by atoms with Gasteiger partial charge in [0.05, 0.1) is 26.2 Å². The van der Waals surface area contributed by atoms with Crippen LogP contribution in [0.5, 0.6) is 5.75 Å². The number of benzene rings is 2. The van der Waals surface area contributed by atoms with Crippen molar-refractivity contribution in [2.24, 2.45) is 16.5 Å². The molecule has 1 aromatic heterocycles. The van der Waals surface area contributed by atoms with Crippen molar-refractivity contribution in [2.75, 3.05) is 25.5 Å². The van der Waals surface area contributed by atoms with Gasteiger partial charge in [0.1, 0.15) is 5.75 Å². The largest absolute Gasteiger partial charge is 0.497 e. The van der Waals surface area contributed by atoms with E-state index in [9.17, 15) is 9.59 Å². The molecule has 35 heavy (non-hydrogen) atoms. The first-order valence-electron chi connectivity index (χ1n) is 10.9. The highest BCUT2D eigenvalue weighted by Gasteiger charge is 2.21. The topological polar surface area (TPSA) is 143 Å².